The second-order valence-corrected chi connectivity index (χ2v) is 9.53. The molecule has 7 heteroatoms. The van der Waals surface area contributed by atoms with Crippen LogP contribution in [0.15, 0.2) is 42.5 Å². The zero-order chi connectivity index (χ0) is 24.2. The Morgan fingerprint density at radius 2 is 1.79 bits per heavy atom. The molecule has 0 aliphatic carbocycles. The molecule has 184 valence electrons. The van der Waals surface area contributed by atoms with E-state index in [1.807, 2.05) is 31.2 Å². The maximum absolute atomic E-state index is 14.5. The summed E-state index contributed by atoms with van der Waals surface area (Å²) in [6, 6.07) is 12.9. The molecule has 4 atom stereocenters. The summed E-state index contributed by atoms with van der Waals surface area (Å²) in [4.78, 5) is 15.6. The van der Waals surface area contributed by atoms with Gasteiger partial charge in [0.15, 0.2) is 0 Å². The summed E-state index contributed by atoms with van der Waals surface area (Å²) in [5, 5.41) is 9.27. The van der Waals surface area contributed by atoms with Gasteiger partial charge in [-0.25, -0.2) is 4.39 Å². The molecule has 0 saturated carbocycles. The van der Waals surface area contributed by atoms with Gasteiger partial charge in [-0.3, -0.25) is 4.79 Å². The molecule has 1 N–H and O–H groups in total. The Balaban J connectivity index is 1.37. The minimum absolute atomic E-state index is 0.0234. The molecular formula is C27H35FN2O4. The molecule has 6 nitrogen and oxygen atoms in total. The first kappa shape index (κ1) is 24.2. The van der Waals surface area contributed by atoms with E-state index in [0.29, 0.717) is 37.1 Å². The van der Waals surface area contributed by atoms with Crippen molar-refractivity contribution in [2.24, 2.45) is 11.8 Å². The van der Waals surface area contributed by atoms with Crippen molar-refractivity contribution in [3.05, 3.63) is 48.3 Å². The minimum Gasteiger partial charge on any atom is -0.494 e. The fraction of sp³-hybridized carbons (Fsp3) is 0.519. The van der Waals surface area contributed by atoms with Crippen molar-refractivity contribution in [2.75, 3.05) is 36.0 Å². The highest BCUT2D eigenvalue weighted by atomic mass is 19.1. The standard InChI is InChI=1S/C27H35FN2O4/c1-4-33-22-9-10-23(28)25(15-22)29-13-12-26(19(3)17-29)34-21-7-5-20(6-8-21)30-14-11-18(2)24(30)16-27(31)32/h5-10,15,18-19,24,26H,4,11-14,16-17H2,1-3H3,(H,31,32)/t18-,19?,24+,26?/m1/s1. The molecule has 0 amide bonds. The quantitative estimate of drug-likeness (QED) is 0.572. The van der Waals surface area contributed by atoms with Crippen LogP contribution in [0.4, 0.5) is 15.8 Å². The molecule has 2 aromatic carbocycles. The number of hydrogen-bond donors (Lipinski definition) is 1. The first-order valence-electron chi connectivity index (χ1n) is 12.3. The van der Waals surface area contributed by atoms with Crippen molar-refractivity contribution in [3.8, 4) is 11.5 Å². The number of rotatable bonds is 8. The van der Waals surface area contributed by atoms with Gasteiger partial charge in [-0.15, -0.1) is 0 Å². The molecule has 4 rings (SSSR count). The second kappa shape index (κ2) is 10.5. The minimum atomic E-state index is -0.756. The molecule has 34 heavy (non-hydrogen) atoms. The van der Waals surface area contributed by atoms with Crippen LogP contribution >= 0.6 is 0 Å². The molecule has 0 spiro atoms. The number of aliphatic carboxylic acids is 1. The van der Waals surface area contributed by atoms with Gasteiger partial charge in [-0.2, -0.15) is 0 Å². The van der Waals surface area contributed by atoms with Crippen molar-refractivity contribution in [1.82, 2.24) is 0 Å². The van der Waals surface area contributed by atoms with Gasteiger partial charge >= 0.3 is 5.97 Å². The average molecular weight is 471 g/mol. The Hall–Kier alpha value is -2.96. The maximum Gasteiger partial charge on any atom is 0.305 e. The molecule has 2 heterocycles. The summed E-state index contributed by atoms with van der Waals surface area (Å²) in [6.45, 7) is 9.01. The van der Waals surface area contributed by atoms with Crippen LogP contribution in [0, 0.1) is 17.7 Å². The topological polar surface area (TPSA) is 62.2 Å². The number of ether oxygens (including phenoxy) is 2. The molecular weight excluding hydrogens is 435 g/mol. The van der Waals surface area contributed by atoms with Crippen molar-refractivity contribution in [3.63, 3.8) is 0 Å². The predicted molar refractivity (Wildman–Crippen MR) is 132 cm³/mol. The number of benzene rings is 2. The number of carbonyl (C=O) groups is 1. The Morgan fingerprint density at radius 1 is 1.06 bits per heavy atom. The van der Waals surface area contributed by atoms with Crippen LogP contribution in [0.1, 0.15) is 40.0 Å². The van der Waals surface area contributed by atoms with Gasteiger partial charge in [0.2, 0.25) is 0 Å². The van der Waals surface area contributed by atoms with E-state index < -0.39 is 5.97 Å². The molecule has 0 radical (unpaired) electrons. The Labute approximate surface area is 201 Å². The molecule has 0 bridgehead atoms. The highest BCUT2D eigenvalue weighted by Gasteiger charge is 2.33. The van der Waals surface area contributed by atoms with Crippen LogP contribution in [0.2, 0.25) is 0 Å². The average Bonchev–Trinajstić information content (AvgIpc) is 3.16. The highest BCUT2D eigenvalue weighted by Crippen LogP contribution is 2.34. The van der Waals surface area contributed by atoms with Gasteiger partial charge < -0.3 is 24.4 Å². The number of piperidine rings is 1. The van der Waals surface area contributed by atoms with Gasteiger partial charge in [0, 0.05) is 49.8 Å². The summed E-state index contributed by atoms with van der Waals surface area (Å²) in [5.41, 5.74) is 1.62. The lowest BCUT2D eigenvalue weighted by molar-refractivity contribution is -0.137. The third-order valence-corrected chi connectivity index (χ3v) is 7.12. The second-order valence-electron chi connectivity index (χ2n) is 9.53. The number of halogens is 1. The van der Waals surface area contributed by atoms with Crippen LogP contribution in [-0.2, 0) is 4.79 Å². The molecule has 2 unspecified atom stereocenters. The molecule has 2 fully saturated rings. The smallest absolute Gasteiger partial charge is 0.305 e. The van der Waals surface area contributed by atoms with Crippen LogP contribution in [0.5, 0.6) is 11.5 Å². The zero-order valence-electron chi connectivity index (χ0n) is 20.2. The lowest BCUT2D eigenvalue weighted by Gasteiger charge is -2.38. The third kappa shape index (κ3) is 5.40. The first-order chi connectivity index (χ1) is 16.4. The van der Waals surface area contributed by atoms with Crippen LogP contribution in [0.3, 0.4) is 0 Å². The highest BCUT2D eigenvalue weighted by molar-refractivity contribution is 5.69. The number of nitrogens with zero attached hydrogens (tertiary/aromatic N) is 2. The lowest BCUT2D eigenvalue weighted by atomic mass is 9.95. The van der Waals surface area contributed by atoms with E-state index >= 15 is 0 Å². The summed E-state index contributed by atoms with van der Waals surface area (Å²) >= 11 is 0. The number of carboxylic acids is 1. The van der Waals surface area contributed by atoms with Crippen molar-refractivity contribution >= 4 is 17.3 Å². The molecule has 0 aromatic heterocycles. The molecule has 2 saturated heterocycles. The van der Waals surface area contributed by atoms with Gasteiger partial charge in [-0.05, 0) is 55.7 Å². The van der Waals surface area contributed by atoms with Crippen LogP contribution in [-0.4, -0.2) is 49.5 Å². The molecule has 2 aliphatic rings. The van der Waals surface area contributed by atoms with Gasteiger partial charge in [0.05, 0.1) is 18.7 Å². The molecule has 2 aromatic rings. The van der Waals surface area contributed by atoms with Crippen molar-refractivity contribution in [2.45, 2.75) is 52.2 Å². The number of anilines is 2. The van der Waals surface area contributed by atoms with E-state index in [-0.39, 0.29) is 30.3 Å². The van der Waals surface area contributed by atoms with E-state index in [9.17, 15) is 14.3 Å². The predicted octanol–water partition coefficient (Wildman–Crippen LogP) is 5.21. The normalized spacial score (nSPS) is 24.8. The van der Waals surface area contributed by atoms with E-state index in [1.54, 1.807) is 12.1 Å². The van der Waals surface area contributed by atoms with E-state index in [2.05, 4.69) is 23.6 Å². The van der Waals surface area contributed by atoms with E-state index in [4.69, 9.17) is 9.47 Å². The monoisotopic (exact) mass is 470 g/mol. The first-order valence-corrected chi connectivity index (χ1v) is 12.3. The summed E-state index contributed by atoms with van der Waals surface area (Å²) in [5.74, 6) is 1.08. The van der Waals surface area contributed by atoms with Crippen molar-refractivity contribution < 1.29 is 23.8 Å². The van der Waals surface area contributed by atoms with Crippen LogP contribution in [0.25, 0.3) is 0 Å². The fourth-order valence-corrected chi connectivity index (χ4v) is 5.22. The van der Waals surface area contributed by atoms with Gasteiger partial charge in [-0.1, -0.05) is 13.8 Å². The Morgan fingerprint density at radius 3 is 2.47 bits per heavy atom. The van der Waals surface area contributed by atoms with Crippen LogP contribution < -0.4 is 19.3 Å². The fourth-order valence-electron chi connectivity index (χ4n) is 5.22. The summed E-state index contributed by atoms with van der Waals surface area (Å²) < 4.78 is 26.4. The lowest BCUT2D eigenvalue weighted by Crippen LogP contribution is -2.44. The summed E-state index contributed by atoms with van der Waals surface area (Å²) in [6.07, 6.45) is 2.00. The Bertz CT molecular complexity index is 983. The largest absolute Gasteiger partial charge is 0.494 e. The molecule has 2 aliphatic heterocycles. The maximum atomic E-state index is 14.5. The number of carboxylic acid groups (broad SMARTS) is 1. The van der Waals surface area contributed by atoms with Crippen molar-refractivity contribution in [1.29, 1.82) is 0 Å². The SMILES string of the molecule is CCOc1ccc(F)c(N2CCC(Oc3ccc(N4CC[C@@H](C)[C@@H]4CC(=O)O)cc3)C(C)C2)c1. The zero-order valence-corrected chi connectivity index (χ0v) is 20.2. The van der Waals surface area contributed by atoms with E-state index in [1.165, 1.54) is 6.07 Å². The third-order valence-electron chi connectivity index (χ3n) is 7.12. The summed E-state index contributed by atoms with van der Waals surface area (Å²) in [7, 11) is 0. The van der Waals surface area contributed by atoms with E-state index in [0.717, 1.165) is 30.8 Å². The number of hydrogen-bond acceptors (Lipinski definition) is 5. The Kier molecular flexibility index (Phi) is 7.49. The van der Waals surface area contributed by atoms with Gasteiger partial charge in [0.1, 0.15) is 23.4 Å². The van der Waals surface area contributed by atoms with Gasteiger partial charge in [0.25, 0.3) is 0 Å².